The van der Waals surface area contributed by atoms with Crippen LogP contribution in [0.3, 0.4) is 0 Å². The largest absolute Gasteiger partial charge is 0.497 e. The highest BCUT2D eigenvalue weighted by atomic mass is 79.9. The maximum atomic E-state index is 13.9. The highest BCUT2D eigenvalue weighted by Crippen LogP contribution is 2.28. The van der Waals surface area contributed by atoms with Crippen molar-refractivity contribution in [3.8, 4) is 5.75 Å². The van der Waals surface area contributed by atoms with Gasteiger partial charge >= 0.3 is 0 Å². The second kappa shape index (κ2) is 6.54. The third-order valence-corrected chi connectivity index (χ3v) is 4.14. The zero-order chi connectivity index (χ0) is 15.6. The molecule has 0 amide bonds. The number of ether oxygens (including phenoxy) is 1. The van der Waals surface area contributed by atoms with Crippen molar-refractivity contribution >= 4 is 15.9 Å². The monoisotopic (exact) mass is 355 g/mol. The molecule has 0 spiro atoms. The zero-order valence-corrected chi connectivity index (χ0v) is 13.4. The molecule has 0 aromatic heterocycles. The van der Waals surface area contributed by atoms with Gasteiger partial charge in [0, 0.05) is 22.1 Å². The van der Waals surface area contributed by atoms with Gasteiger partial charge in [0.25, 0.3) is 0 Å². The summed E-state index contributed by atoms with van der Waals surface area (Å²) < 4.78 is 33.2. The second-order valence-corrected chi connectivity index (χ2v) is 5.75. The summed E-state index contributed by atoms with van der Waals surface area (Å²) in [6, 6.07) is 7.30. The van der Waals surface area contributed by atoms with Crippen LogP contribution in [-0.2, 0) is 6.42 Å². The van der Waals surface area contributed by atoms with Crippen LogP contribution in [0.2, 0.25) is 0 Å². The van der Waals surface area contributed by atoms with Crippen LogP contribution in [-0.4, -0.2) is 7.11 Å². The summed E-state index contributed by atoms with van der Waals surface area (Å²) >= 11 is 3.44. The lowest BCUT2D eigenvalue weighted by Gasteiger charge is -2.16. The van der Waals surface area contributed by atoms with E-state index in [2.05, 4.69) is 15.9 Å². The molecule has 1 unspecified atom stereocenters. The van der Waals surface area contributed by atoms with E-state index in [0.717, 1.165) is 16.1 Å². The first-order chi connectivity index (χ1) is 9.92. The van der Waals surface area contributed by atoms with Crippen LogP contribution in [0.25, 0.3) is 0 Å². The number of benzene rings is 2. The molecule has 2 aromatic carbocycles. The molecule has 0 bridgehead atoms. The molecule has 0 aliphatic heterocycles. The minimum absolute atomic E-state index is 0.309. The number of hydrogen-bond donors (Lipinski definition) is 1. The van der Waals surface area contributed by atoms with Gasteiger partial charge in [-0.3, -0.25) is 0 Å². The van der Waals surface area contributed by atoms with Gasteiger partial charge in [-0.1, -0.05) is 15.9 Å². The van der Waals surface area contributed by atoms with Gasteiger partial charge in [-0.2, -0.15) is 0 Å². The average molecular weight is 356 g/mol. The van der Waals surface area contributed by atoms with E-state index in [0.29, 0.717) is 23.3 Å². The van der Waals surface area contributed by atoms with Gasteiger partial charge in [0.15, 0.2) is 0 Å². The van der Waals surface area contributed by atoms with Crippen molar-refractivity contribution in [3.05, 3.63) is 63.1 Å². The maximum Gasteiger partial charge on any atom is 0.130 e. The van der Waals surface area contributed by atoms with Crippen LogP contribution < -0.4 is 10.5 Å². The Labute approximate surface area is 131 Å². The Morgan fingerprint density at radius 3 is 2.57 bits per heavy atom. The summed E-state index contributed by atoms with van der Waals surface area (Å²) in [5.41, 5.74) is 7.68. The highest BCUT2D eigenvalue weighted by molar-refractivity contribution is 9.10. The van der Waals surface area contributed by atoms with Crippen molar-refractivity contribution in [2.24, 2.45) is 5.73 Å². The van der Waals surface area contributed by atoms with E-state index in [9.17, 15) is 8.78 Å². The topological polar surface area (TPSA) is 35.2 Å². The van der Waals surface area contributed by atoms with E-state index in [1.165, 1.54) is 6.07 Å². The van der Waals surface area contributed by atoms with Gasteiger partial charge in [-0.05, 0) is 48.7 Å². The predicted octanol–water partition coefficient (Wildman–Crippen LogP) is 4.29. The fourth-order valence-corrected chi connectivity index (χ4v) is 2.55. The predicted molar refractivity (Wildman–Crippen MR) is 82.4 cm³/mol. The van der Waals surface area contributed by atoms with Gasteiger partial charge in [0.1, 0.15) is 17.4 Å². The molecule has 0 saturated heterocycles. The second-order valence-electron chi connectivity index (χ2n) is 4.89. The molecule has 2 N–H and O–H groups in total. The van der Waals surface area contributed by atoms with Gasteiger partial charge in [0.2, 0.25) is 0 Å². The first kappa shape index (κ1) is 15.9. The Bertz CT molecular complexity index is 661. The van der Waals surface area contributed by atoms with Crippen LogP contribution in [0.5, 0.6) is 5.75 Å². The van der Waals surface area contributed by atoms with Crippen LogP contribution in [0.15, 0.2) is 34.8 Å². The van der Waals surface area contributed by atoms with Gasteiger partial charge in [-0.25, -0.2) is 8.78 Å². The van der Waals surface area contributed by atoms with Crippen LogP contribution in [0.1, 0.15) is 22.7 Å². The van der Waals surface area contributed by atoms with E-state index in [1.807, 2.05) is 18.2 Å². The molecule has 0 fully saturated rings. The third-order valence-electron chi connectivity index (χ3n) is 3.37. The molecule has 112 valence electrons. The van der Waals surface area contributed by atoms with E-state index in [1.54, 1.807) is 14.0 Å². The Morgan fingerprint density at radius 2 is 1.90 bits per heavy atom. The van der Waals surface area contributed by atoms with E-state index in [-0.39, 0.29) is 0 Å². The van der Waals surface area contributed by atoms with E-state index in [4.69, 9.17) is 10.5 Å². The normalized spacial score (nSPS) is 12.3. The summed E-state index contributed by atoms with van der Waals surface area (Å²) in [4.78, 5) is 0. The SMILES string of the molecule is COc1ccc(Br)c(CC(N)c2cc(C)c(F)cc2F)c1. The minimum Gasteiger partial charge on any atom is -0.497 e. The lowest BCUT2D eigenvalue weighted by atomic mass is 9.97. The lowest BCUT2D eigenvalue weighted by molar-refractivity contribution is 0.414. The van der Waals surface area contributed by atoms with Crippen molar-refractivity contribution in [1.29, 1.82) is 0 Å². The van der Waals surface area contributed by atoms with Crippen LogP contribution in [0, 0.1) is 18.6 Å². The maximum absolute atomic E-state index is 13.9. The number of nitrogens with two attached hydrogens (primary N) is 1. The molecule has 0 aliphatic rings. The summed E-state index contributed by atoms with van der Waals surface area (Å²) in [5.74, 6) is -0.480. The quantitative estimate of drug-likeness (QED) is 0.887. The number of hydrogen-bond acceptors (Lipinski definition) is 2. The van der Waals surface area contributed by atoms with Crippen LogP contribution in [0.4, 0.5) is 8.78 Å². The van der Waals surface area contributed by atoms with Crippen molar-refractivity contribution in [1.82, 2.24) is 0 Å². The number of aryl methyl sites for hydroxylation is 1. The number of halogens is 3. The van der Waals surface area contributed by atoms with Crippen molar-refractivity contribution in [2.45, 2.75) is 19.4 Å². The van der Waals surface area contributed by atoms with E-state index >= 15 is 0 Å². The summed E-state index contributed by atoms with van der Waals surface area (Å²) in [7, 11) is 1.58. The fraction of sp³-hybridized carbons (Fsp3) is 0.250. The Hall–Kier alpha value is -1.46. The summed E-state index contributed by atoms with van der Waals surface area (Å²) in [5, 5.41) is 0. The van der Waals surface area contributed by atoms with Gasteiger partial charge in [-0.15, -0.1) is 0 Å². The van der Waals surface area contributed by atoms with Gasteiger partial charge < -0.3 is 10.5 Å². The molecular formula is C16H16BrF2NO. The molecular weight excluding hydrogens is 340 g/mol. The molecule has 2 rings (SSSR count). The molecule has 1 atom stereocenters. The van der Waals surface area contributed by atoms with Crippen molar-refractivity contribution in [3.63, 3.8) is 0 Å². The first-order valence-electron chi connectivity index (χ1n) is 6.46. The Morgan fingerprint density at radius 1 is 1.19 bits per heavy atom. The summed E-state index contributed by atoms with van der Waals surface area (Å²) in [6.07, 6.45) is 0.416. The smallest absolute Gasteiger partial charge is 0.130 e. The molecule has 2 nitrogen and oxygen atoms in total. The highest BCUT2D eigenvalue weighted by Gasteiger charge is 2.16. The molecule has 0 aliphatic carbocycles. The average Bonchev–Trinajstić information content (AvgIpc) is 2.45. The van der Waals surface area contributed by atoms with Crippen LogP contribution >= 0.6 is 15.9 Å². The molecule has 0 heterocycles. The Kier molecular flexibility index (Phi) is 4.96. The van der Waals surface area contributed by atoms with Crippen molar-refractivity contribution < 1.29 is 13.5 Å². The standard InChI is InChI=1S/C16H16BrF2NO/c1-9-5-12(15(19)8-14(9)18)16(20)7-10-6-11(21-2)3-4-13(10)17/h3-6,8,16H,7,20H2,1-2H3. The number of rotatable bonds is 4. The molecule has 0 saturated carbocycles. The first-order valence-corrected chi connectivity index (χ1v) is 7.25. The zero-order valence-electron chi connectivity index (χ0n) is 11.8. The fourth-order valence-electron chi connectivity index (χ4n) is 2.15. The molecule has 5 heteroatoms. The summed E-state index contributed by atoms with van der Waals surface area (Å²) in [6.45, 7) is 1.59. The Balaban J connectivity index is 2.30. The number of methoxy groups -OCH3 is 1. The van der Waals surface area contributed by atoms with Crippen molar-refractivity contribution in [2.75, 3.05) is 7.11 Å². The molecule has 21 heavy (non-hydrogen) atoms. The lowest BCUT2D eigenvalue weighted by Crippen LogP contribution is -2.16. The van der Waals surface area contributed by atoms with E-state index < -0.39 is 17.7 Å². The third kappa shape index (κ3) is 3.60. The molecule has 0 radical (unpaired) electrons. The minimum atomic E-state index is -0.621. The molecule has 2 aromatic rings. The van der Waals surface area contributed by atoms with Gasteiger partial charge in [0.05, 0.1) is 7.11 Å².